The number of nitrogens with zero attached hydrogens (tertiary/aromatic N) is 2. The van der Waals surface area contributed by atoms with E-state index in [9.17, 15) is 4.79 Å². The average molecular weight is 453 g/mol. The van der Waals surface area contributed by atoms with Crippen molar-refractivity contribution in [2.45, 2.75) is 0 Å². The second-order valence-corrected chi connectivity index (χ2v) is 7.52. The Kier molecular flexibility index (Phi) is 5.98. The lowest BCUT2D eigenvalue weighted by Gasteiger charge is -2.21. The zero-order valence-electron chi connectivity index (χ0n) is 16.8. The summed E-state index contributed by atoms with van der Waals surface area (Å²) in [6.45, 7) is 0. The number of rotatable bonds is 5. The number of carbonyl (C=O) groups is 1. The van der Waals surface area contributed by atoms with Crippen LogP contribution in [0.4, 0.5) is 5.69 Å². The van der Waals surface area contributed by atoms with Gasteiger partial charge in [0.05, 0.1) is 19.9 Å². The topological polar surface area (TPSA) is 51.1 Å². The molecule has 31 heavy (non-hydrogen) atoms. The molecule has 1 aliphatic rings. The van der Waals surface area contributed by atoms with Crippen LogP contribution in [-0.4, -0.2) is 26.0 Å². The van der Waals surface area contributed by atoms with Crippen molar-refractivity contribution < 1.29 is 14.3 Å². The van der Waals surface area contributed by atoms with Crippen LogP contribution in [0.3, 0.4) is 0 Å². The Morgan fingerprint density at radius 3 is 2.39 bits per heavy atom. The Balaban J connectivity index is 1.86. The number of methoxy groups -OCH3 is 2. The van der Waals surface area contributed by atoms with Crippen molar-refractivity contribution in [1.82, 2.24) is 0 Å². The normalized spacial score (nSPS) is 14.7. The van der Waals surface area contributed by atoms with Gasteiger partial charge in [-0.15, -0.1) is 0 Å². The molecule has 1 amide bonds. The second-order valence-electron chi connectivity index (χ2n) is 6.68. The maximum atomic E-state index is 13.5. The lowest BCUT2D eigenvalue weighted by atomic mass is 10.1. The summed E-state index contributed by atoms with van der Waals surface area (Å²) in [7, 11) is 3.12. The van der Waals surface area contributed by atoms with Crippen LogP contribution >= 0.6 is 23.2 Å². The van der Waals surface area contributed by atoms with E-state index >= 15 is 0 Å². The maximum absolute atomic E-state index is 13.5. The van der Waals surface area contributed by atoms with Crippen LogP contribution in [0.15, 0.2) is 77.4 Å². The van der Waals surface area contributed by atoms with Crippen LogP contribution in [0, 0.1) is 0 Å². The Morgan fingerprint density at radius 1 is 0.935 bits per heavy atom. The quantitative estimate of drug-likeness (QED) is 0.456. The number of benzene rings is 3. The van der Waals surface area contributed by atoms with Crippen LogP contribution in [0.5, 0.6) is 11.5 Å². The SMILES string of the molecule is COc1ccc(N2C(=O)/C(=C\c3ccc(Cl)cc3Cl)N=C2c2ccccc2)c(OC)c1. The molecule has 0 N–H and O–H groups in total. The van der Waals surface area contributed by atoms with Crippen molar-refractivity contribution in [3.05, 3.63) is 93.6 Å². The van der Waals surface area contributed by atoms with Gasteiger partial charge >= 0.3 is 0 Å². The number of hydrogen-bond acceptors (Lipinski definition) is 4. The Hall–Kier alpha value is -3.28. The minimum Gasteiger partial charge on any atom is -0.497 e. The molecule has 3 aromatic rings. The molecule has 0 atom stereocenters. The molecule has 0 aliphatic carbocycles. The standard InChI is InChI=1S/C24H18Cl2N2O3/c1-30-18-10-11-21(22(14-18)31-2)28-23(15-6-4-3-5-7-15)27-20(24(28)29)12-16-8-9-17(25)13-19(16)26/h3-14H,1-2H3/b20-12+. The van der Waals surface area contributed by atoms with Gasteiger partial charge in [0.15, 0.2) is 0 Å². The van der Waals surface area contributed by atoms with Gasteiger partial charge in [-0.3, -0.25) is 9.69 Å². The summed E-state index contributed by atoms with van der Waals surface area (Å²) in [5.74, 6) is 1.30. The van der Waals surface area contributed by atoms with Crippen LogP contribution in [-0.2, 0) is 4.79 Å². The fourth-order valence-corrected chi connectivity index (χ4v) is 3.72. The van der Waals surface area contributed by atoms with Crippen molar-refractivity contribution >= 4 is 46.7 Å². The Morgan fingerprint density at radius 2 is 1.71 bits per heavy atom. The van der Waals surface area contributed by atoms with Gasteiger partial charge in [-0.2, -0.15) is 0 Å². The zero-order chi connectivity index (χ0) is 22.0. The van der Waals surface area contributed by atoms with Gasteiger partial charge in [0, 0.05) is 21.7 Å². The van der Waals surface area contributed by atoms with E-state index in [4.69, 9.17) is 32.7 Å². The van der Waals surface area contributed by atoms with Crippen molar-refractivity contribution in [3.8, 4) is 11.5 Å². The second kappa shape index (κ2) is 8.84. The summed E-state index contributed by atoms with van der Waals surface area (Å²) in [6.07, 6.45) is 1.65. The van der Waals surface area contributed by atoms with Gasteiger partial charge in [-0.25, -0.2) is 4.99 Å². The molecular weight excluding hydrogens is 435 g/mol. The van der Waals surface area contributed by atoms with Crippen molar-refractivity contribution in [2.24, 2.45) is 4.99 Å². The number of halogens is 2. The first-order valence-electron chi connectivity index (χ1n) is 9.39. The first kappa shape index (κ1) is 21.0. The molecule has 0 unspecified atom stereocenters. The molecule has 0 bridgehead atoms. The molecule has 0 aromatic heterocycles. The number of ether oxygens (including phenoxy) is 2. The van der Waals surface area contributed by atoms with E-state index in [1.807, 2.05) is 30.3 Å². The minimum absolute atomic E-state index is 0.251. The maximum Gasteiger partial charge on any atom is 0.282 e. The van der Waals surface area contributed by atoms with E-state index in [0.717, 1.165) is 5.56 Å². The third-order valence-electron chi connectivity index (χ3n) is 4.77. The Labute approximate surface area is 190 Å². The van der Waals surface area contributed by atoms with Gasteiger partial charge < -0.3 is 9.47 Å². The molecular formula is C24H18Cl2N2O3. The fraction of sp³-hybridized carbons (Fsp3) is 0.0833. The lowest BCUT2D eigenvalue weighted by Crippen LogP contribution is -2.33. The summed E-state index contributed by atoms with van der Waals surface area (Å²) in [5.41, 5.74) is 2.25. The molecule has 5 nitrogen and oxygen atoms in total. The van der Waals surface area contributed by atoms with Crippen LogP contribution in [0.2, 0.25) is 10.0 Å². The number of hydrogen-bond donors (Lipinski definition) is 0. The monoisotopic (exact) mass is 452 g/mol. The molecule has 7 heteroatoms. The molecule has 4 rings (SSSR count). The molecule has 1 heterocycles. The first-order valence-corrected chi connectivity index (χ1v) is 10.1. The van der Waals surface area contributed by atoms with E-state index in [0.29, 0.717) is 38.6 Å². The lowest BCUT2D eigenvalue weighted by molar-refractivity contribution is -0.113. The summed E-state index contributed by atoms with van der Waals surface area (Å²) in [5, 5.41) is 0.952. The smallest absolute Gasteiger partial charge is 0.282 e. The molecule has 0 radical (unpaired) electrons. The number of carbonyl (C=O) groups excluding carboxylic acids is 1. The van der Waals surface area contributed by atoms with E-state index in [-0.39, 0.29) is 11.6 Å². The van der Waals surface area contributed by atoms with Crippen LogP contribution in [0.25, 0.3) is 6.08 Å². The highest BCUT2D eigenvalue weighted by molar-refractivity contribution is 6.36. The van der Waals surface area contributed by atoms with Gasteiger partial charge in [0.2, 0.25) is 0 Å². The predicted octanol–water partition coefficient (Wildman–Crippen LogP) is 5.85. The van der Waals surface area contributed by atoms with E-state index in [1.54, 1.807) is 56.7 Å². The van der Waals surface area contributed by atoms with Gasteiger partial charge in [-0.05, 0) is 35.9 Å². The summed E-state index contributed by atoms with van der Waals surface area (Å²) in [4.78, 5) is 19.7. The van der Waals surface area contributed by atoms with E-state index in [2.05, 4.69) is 4.99 Å². The molecule has 156 valence electrons. The van der Waals surface area contributed by atoms with Crippen molar-refractivity contribution in [2.75, 3.05) is 19.1 Å². The van der Waals surface area contributed by atoms with Crippen LogP contribution < -0.4 is 14.4 Å². The zero-order valence-corrected chi connectivity index (χ0v) is 18.3. The number of anilines is 1. The highest BCUT2D eigenvalue weighted by Crippen LogP contribution is 2.37. The molecule has 0 saturated heterocycles. The molecule has 0 spiro atoms. The first-order chi connectivity index (χ1) is 15.0. The summed E-state index contributed by atoms with van der Waals surface area (Å²) >= 11 is 12.3. The van der Waals surface area contributed by atoms with E-state index < -0.39 is 0 Å². The van der Waals surface area contributed by atoms with Crippen molar-refractivity contribution in [1.29, 1.82) is 0 Å². The molecule has 1 aliphatic heterocycles. The molecule has 0 fully saturated rings. The Bertz CT molecular complexity index is 1210. The molecule has 3 aromatic carbocycles. The summed E-state index contributed by atoms with van der Waals surface area (Å²) in [6, 6.07) is 19.8. The fourth-order valence-electron chi connectivity index (χ4n) is 3.26. The molecule has 0 saturated carbocycles. The largest absolute Gasteiger partial charge is 0.497 e. The van der Waals surface area contributed by atoms with Crippen LogP contribution in [0.1, 0.15) is 11.1 Å². The van der Waals surface area contributed by atoms with Crippen molar-refractivity contribution in [3.63, 3.8) is 0 Å². The van der Waals surface area contributed by atoms with Gasteiger partial charge in [-0.1, -0.05) is 59.6 Å². The highest BCUT2D eigenvalue weighted by Gasteiger charge is 2.34. The van der Waals surface area contributed by atoms with Gasteiger partial charge in [0.1, 0.15) is 23.0 Å². The highest BCUT2D eigenvalue weighted by atomic mass is 35.5. The average Bonchev–Trinajstić information content (AvgIpc) is 3.11. The third kappa shape index (κ3) is 4.15. The number of aliphatic imine (C=N–C) groups is 1. The van der Waals surface area contributed by atoms with Gasteiger partial charge in [0.25, 0.3) is 5.91 Å². The minimum atomic E-state index is -0.298. The number of amidine groups is 1. The number of amides is 1. The summed E-state index contributed by atoms with van der Waals surface area (Å²) < 4.78 is 10.8. The van der Waals surface area contributed by atoms with E-state index in [1.165, 1.54) is 4.90 Å². The predicted molar refractivity (Wildman–Crippen MR) is 124 cm³/mol. The third-order valence-corrected chi connectivity index (χ3v) is 5.34.